The molecular formula is C10H14FN3. The molecule has 2 atom stereocenters. The summed E-state index contributed by atoms with van der Waals surface area (Å²) in [6.45, 7) is 1.77. The normalized spacial score (nSPS) is 26.8. The van der Waals surface area contributed by atoms with Crippen LogP contribution in [0.4, 0.5) is 4.39 Å². The van der Waals surface area contributed by atoms with Crippen LogP contribution in [0.15, 0.2) is 18.2 Å². The Bertz CT molecular complexity index is 340. The first-order chi connectivity index (χ1) is 6.66. The third-order valence-electron chi connectivity index (χ3n) is 2.52. The average molecular weight is 195 g/mol. The molecule has 4 heteroatoms. The maximum atomic E-state index is 13.0. The Morgan fingerprint density at radius 2 is 2.21 bits per heavy atom. The lowest BCUT2D eigenvalue weighted by atomic mass is 10.0. The summed E-state index contributed by atoms with van der Waals surface area (Å²) in [6.07, 6.45) is 0.802. The van der Waals surface area contributed by atoms with Crippen LogP contribution < -0.4 is 16.6 Å². The summed E-state index contributed by atoms with van der Waals surface area (Å²) < 4.78 is 13.0. The molecule has 0 radical (unpaired) electrons. The van der Waals surface area contributed by atoms with Gasteiger partial charge in [-0.3, -0.25) is 0 Å². The van der Waals surface area contributed by atoms with E-state index in [9.17, 15) is 4.39 Å². The fourth-order valence-electron chi connectivity index (χ4n) is 1.68. The van der Waals surface area contributed by atoms with Crippen LogP contribution in [0.25, 0.3) is 0 Å². The van der Waals surface area contributed by atoms with Crippen LogP contribution in [-0.4, -0.2) is 6.17 Å². The van der Waals surface area contributed by atoms with Crippen molar-refractivity contribution >= 4 is 0 Å². The van der Waals surface area contributed by atoms with Gasteiger partial charge < -0.3 is 5.73 Å². The Labute approximate surface area is 82.5 Å². The highest BCUT2D eigenvalue weighted by Gasteiger charge is 2.22. The Kier molecular flexibility index (Phi) is 2.50. The smallest absolute Gasteiger partial charge is 0.126 e. The van der Waals surface area contributed by atoms with Gasteiger partial charge in [0.15, 0.2) is 0 Å². The number of nitrogens with one attached hydrogen (secondary N) is 2. The van der Waals surface area contributed by atoms with Crippen molar-refractivity contribution in [1.82, 2.24) is 10.9 Å². The molecule has 1 aromatic rings. The number of hydrazine groups is 1. The molecule has 2 rings (SSSR count). The molecule has 1 saturated heterocycles. The van der Waals surface area contributed by atoms with E-state index < -0.39 is 0 Å². The maximum absolute atomic E-state index is 13.0. The first-order valence-corrected chi connectivity index (χ1v) is 4.69. The van der Waals surface area contributed by atoms with E-state index in [2.05, 4.69) is 10.9 Å². The second-order valence-corrected chi connectivity index (χ2v) is 3.69. The largest absolute Gasteiger partial charge is 0.315 e. The van der Waals surface area contributed by atoms with E-state index in [0.717, 1.165) is 12.0 Å². The highest BCUT2D eigenvalue weighted by Crippen LogP contribution is 2.22. The van der Waals surface area contributed by atoms with Gasteiger partial charge in [-0.05, 0) is 30.5 Å². The third-order valence-corrected chi connectivity index (χ3v) is 2.52. The minimum absolute atomic E-state index is 0.0228. The van der Waals surface area contributed by atoms with E-state index in [1.54, 1.807) is 13.0 Å². The monoisotopic (exact) mass is 195 g/mol. The van der Waals surface area contributed by atoms with Gasteiger partial charge in [0.2, 0.25) is 0 Å². The van der Waals surface area contributed by atoms with Gasteiger partial charge in [0.05, 0.1) is 6.17 Å². The summed E-state index contributed by atoms with van der Waals surface area (Å²) in [5.74, 6) is -0.163. The molecule has 1 fully saturated rings. The number of nitrogens with two attached hydrogens (primary N) is 1. The molecule has 0 amide bonds. The summed E-state index contributed by atoms with van der Waals surface area (Å²) >= 11 is 0. The topological polar surface area (TPSA) is 50.1 Å². The molecule has 0 spiro atoms. The zero-order valence-corrected chi connectivity index (χ0v) is 8.05. The molecule has 14 heavy (non-hydrogen) atoms. The molecule has 1 aliphatic heterocycles. The SMILES string of the molecule is Cc1cc(C2CC(N)NN2)ccc1F. The maximum Gasteiger partial charge on any atom is 0.126 e. The number of rotatable bonds is 1. The molecule has 0 bridgehead atoms. The van der Waals surface area contributed by atoms with Crippen molar-refractivity contribution < 1.29 is 4.39 Å². The Morgan fingerprint density at radius 3 is 2.79 bits per heavy atom. The molecule has 0 saturated carbocycles. The number of benzene rings is 1. The molecule has 0 aliphatic carbocycles. The fourth-order valence-corrected chi connectivity index (χ4v) is 1.68. The van der Waals surface area contributed by atoms with Gasteiger partial charge >= 0.3 is 0 Å². The minimum atomic E-state index is -0.163. The average Bonchev–Trinajstić information content (AvgIpc) is 2.57. The van der Waals surface area contributed by atoms with Crippen LogP contribution in [0, 0.1) is 12.7 Å². The van der Waals surface area contributed by atoms with E-state index >= 15 is 0 Å². The van der Waals surface area contributed by atoms with Crippen molar-refractivity contribution in [1.29, 1.82) is 0 Å². The summed E-state index contributed by atoms with van der Waals surface area (Å²) in [5.41, 5.74) is 13.4. The van der Waals surface area contributed by atoms with E-state index in [4.69, 9.17) is 5.73 Å². The number of halogens is 1. The fraction of sp³-hybridized carbons (Fsp3) is 0.400. The Balaban J connectivity index is 2.20. The van der Waals surface area contributed by atoms with Crippen LogP contribution in [0.1, 0.15) is 23.6 Å². The van der Waals surface area contributed by atoms with Crippen molar-refractivity contribution in [2.24, 2.45) is 5.73 Å². The van der Waals surface area contributed by atoms with Crippen LogP contribution >= 0.6 is 0 Å². The molecular weight excluding hydrogens is 181 g/mol. The Hall–Kier alpha value is -0.970. The lowest BCUT2D eigenvalue weighted by Crippen LogP contribution is -2.36. The molecule has 1 aliphatic rings. The molecule has 2 unspecified atom stereocenters. The van der Waals surface area contributed by atoms with Crippen LogP contribution in [0.5, 0.6) is 0 Å². The standard InChI is InChI=1S/C10H14FN3/c1-6-4-7(2-3-8(6)11)9-5-10(12)14-13-9/h2-4,9-10,13-14H,5,12H2,1H3. The van der Waals surface area contributed by atoms with E-state index in [1.807, 2.05) is 6.07 Å². The quantitative estimate of drug-likeness (QED) is 0.625. The molecule has 1 aromatic carbocycles. The van der Waals surface area contributed by atoms with Gasteiger partial charge in [0.25, 0.3) is 0 Å². The second kappa shape index (κ2) is 3.65. The highest BCUT2D eigenvalue weighted by molar-refractivity contribution is 5.27. The lowest BCUT2D eigenvalue weighted by molar-refractivity contribution is 0.550. The van der Waals surface area contributed by atoms with Crippen LogP contribution in [0.3, 0.4) is 0 Å². The molecule has 4 N–H and O–H groups in total. The van der Waals surface area contributed by atoms with E-state index in [0.29, 0.717) is 5.56 Å². The van der Waals surface area contributed by atoms with Crippen molar-refractivity contribution in [3.8, 4) is 0 Å². The summed E-state index contributed by atoms with van der Waals surface area (Å²) in [5, 5.41) is 0. The van der Waals surface area contributed by atoms with E-state index in [1.165, 1.54) is 6.07 Å². The summed E-state index contributed by atoms with van der Waals surface area (Å²) in [7, 11) is 0. The number of aryl methyl sites for hydroxylation is 1. The van der Waals surface area contributed by atoms with Gasteiger partial charge in [-0.1, -0.05) is 12.1 Å². The van der Waals surface area contributed by atoms with Crippen molar-refractivity contribution in [2.45, 2.75) is 25.6 Å². The van der Waals surface area contributed by atoms with Gasteiger partial charge in [-0.15, -0.1) is 0 Å². The Morgan fingerprint density at radius 1 is 1.43 bits per heavy atom. The number of hydrogen-bond acceptors (Lipinski definition) is 3. The predicted molar refractivity (Wildman–Crippen MR) is 52.7 cm³/mol. The summed E-state index contributed by atoms with van der Waals surface area (Å²) in [6, 6.07) is 5.33. The minimum Gasteiger partial charge on any atom is -0.315 e. The van der Waals surface area contributed by atoms with Gasteiger partial charge in [0.1, 0.15) is 5.82 Å². The second-order valence-electron chi connectivity index (χ2n) is 3.69. The van der Waals surface area contributed by atoms with Crippen molar-refractivity contribution in [3.05, 3.63) is 35.1 Å². The zero-order valence-electron chi connectivity index (χ0n) is 8.05. The number of hydrogen-bond donors (Lipinski definition) is 3. The van der Waals surface area contributed by atoms with Crippen molar-refractivity contribution in [2.75, 3.05) is 0 Å². The molecule has 76 valence electrons. The van der Waals surface area contributed by atoms with E-state index in [-0.39, 0.29) is 18.0 Å². The first kappa shape index (κ1) is 9.58. The predicted octanol–water partition coefficient (Wildman–Crippen LogP) is 0.958. The highest BCUT2D eigenvalue weighted by atomic mass is 19.1. The van der Waals surface area contributed by atoms with Gasteiger partial charge in [-0.25, -0.2) is 15.2 Å². The van der Waals surface area contributed by atoms with Crippen LogP contribution in [0.2, 0.25) is 0 Å². The first-order valence-electron chi connectivity index (χ1n) is 4.69. The van der Waals surface area contributed by atoms with Gasteiger partial charge in [-0.2, -0.15) is 0 Å². The zero-order chi connectivity index (χ0) is 10.1. The van der Waals surface area contributed by atoms with Crippen LogP contribution in [-0.2, 0) is 0 Å². The van der Waals surface area contributed by atoms with Crippen molar-refractivity contribution in [3.63, 3.8) is 0 Å². The lowest BCUT2D eigenvalue weighted by Gasteiger charge is -2.10. The molecule has 1 heterocycles. The molecule has 0 aromatic heterocycles. The summed E-state index contributed by atoms with van der Waals surface area (Å²) in [4.78, 5) is 0. The third kappa shape index (κ3) is 1.77. The van der Waals surface area contributed by atoms with Gasteiger partial charge in [0, 0.05) is 6.04 Å². The molecule has 3 nitrogen and oxygen atoms in total.